The van der Waals surface area contributed by atoms with Crippen molar-refractivity contribution in [1.82, 2.24) is 0 Å². The van der Waals surface area contributed by atoms with Crippen LogP contribution >= 0.6 is 0 Å². The Morgan fingerprint density at radius 3 is 2.61 bits per heavy atom. The van der Waals surface area contributed by atoms with Gasteiger partial charge in [0.15, 0.2) is 0 Å². The van der Waals surface area contributed by atoms with E-state index in [4.69, 9.17) is 9.47 Å². The average molecular weight is 435 g/mol. The van der Waals surface area contributed by atoms with Crippen LogP contribution in [0.25, 0.3) is 0 Å². The zero-order chi connectivity index (χ0) is 22.9. The first-order chi connectivity index (χ1) is 14.5. The third-order valence-electron chi connectivity index (χ3n) is 7.50. The van der Waals surface area contributed by atoms with Gasteiger partial charge in [-0.05, 0) is 63.0 Å². The first kappa shape index (κ1) is 23.8. The van der Waals surface area contributed by atoms with Gasteiger partial charge in [0.2, 0.25) is 0 Å². The average Bonchev–Trinajstić information content (AvgIpc) is 2.67. The summed E-state index contributed by atoms with van der Waals surface area (Å²) in [6, 6.07) is 0. The van der Waals surface area contributed by atoms with Gasteiger partial charge in [-0.25, -0.2) is 0 Å². The van der Waals surface area contributed by atoms with E-state index in [-0.39, 0.29) is 54.2 Å². The minimum absolute atomic E-state index is 0.00271. The first-order valence-electron chi connectivity index (χ1n) is 11.7. The quantitative estimate of drug-likeness (QED) is 0.599. The van der Waals surface area contributed by atoms with Crippen LogP contribution in [0.15, 0.2) is 23.5 Å². The van der Waals surface area contributed by atoms with E-state index in [1.807, 2.05) is 33.8 Å². The lowest BCUT2D eigenvalue weighted by molar-refractivity contribution is -0.166. The minimum Gasteiger partial charge on any atom is -0.512 e. The summed E-state index contributed by atoms with van der Waals surface area (Å²) in [6.45, 7) is 9.92. The molecule has 0 amide bonds. The molecule has 0 radical (unpaired) electrons. The summed E-state index contributed by atoms with van der Waals surface area (Å²) in [7, 11) is 0. The molecule has 31 heavy (non-hydrogen) atoms. The Balaban J connectivity index is 1.81. The maximum absolute atomic E-state index is 12.9. The molecule has 1 heterocycles. The Kier molecular flexibility index (Phi) is 7.19. The summed E-state index contributed by atoms with van der Waals surface area (Å²) in [6.07, 6.45) is 6.11. The molecule has 0 aromatic heterocycles. The molecule has 1 saturated heterocycles. The van der Waals surface area contributed by atoms with E-state index < -0.39 is 11.5 Å². The number of cyclic esters (lactones) is 1. The van der Waals surface area contributed by atoms with Crippen LogP contribution in [0.1, 0.15) is 73.1 Å². The number of allylic oxidation sites excluding steroid dienone is 3. The van der Waals surface area contributed by atoms with Crippen LogP contribution in [0.2, 0.25) is 0 Å². The summed E-state index contributed by atoms with van der Waals surface area (Å²) in [4.78, 5) is 24.6. The molecular weight excluding hydrogens is 396 g/mol. The Bertz CT molecular complexity index is 751. The number of esters is 2. The lowest BCUT2D eigenvalue weighted by Crippen LogP contribution is -2.44. The third kappa shape index (κ3) is 5.33. The molecule has 0 saturated carbocycles. The molecule has 3 rings (SSSR count). The monoisotopic (exact) mass is 434 g/mol. The van der Waals surface area contributed by atoms with E-state index in [1.165, 1.54) is 0 Å². The summed E-state index contributed by atoms with van der Waals surface area (Å²) < 4.78 is 11.5. The Morgan fingerprint density at radius 1 is 1.26 bits per heavy atom. The predicted octanol–water partition coefficient (Wildman–Crippen LogP) is 4.47. The second-order valence-corrected chi connectivity index (χ2v) is 10.4. The Morgan fingerprint density at radius 2 is 1.97 bits per heavy atom. The number of aliphatic hydroxyl groups is 2. The number of carbonyl (C=O) groups is 2. The van der Waals surface area contributed by atoms with E-state index in [0.29, 0.717) is 31.4 Å². The number of fused-ring (bicyclic) bond motifs is 1. The molecule has 0 bridgehead atoms. The highest BCUT2D eigenvalue weighted by molar-refractivity contribution is 5.76. The van der Waals surface area contributed by atoms with Crippen LogP contribution in [0.3, 0.4) is 0 Å². The van der Waals surface area contributed by atoms with E-state index >= 15 is 0 Å². The summed E-state index contributed by atoms with van der Waals surface area (Å²) in [5.74, 6) is 0.0431. The number of hydrogen-bond donors (Lipinski definition) is 2. The van der Waals surface area contributed by atoms with Crippen molar-refractivity contribution in [2.45, 2.75) is 91.5 Å². The van der Waals surface area contributed by atoms with E-state index in [0.717, 1.165) is 12.0 Å². The minimum atomic E-state index is -0.653. The number of hydrogen-bond acceptors (Lipinski definition) is 6. The largest absolute Gasteiger partial charge is 0.512 e. The van der Waals surface area contributed by atoms with Crippen LogP contribution in [0.4, 0.5) is 0 Å². The lowest BCUT2D eigenvalue weighted by Gasteiger charge is -2.44. The number of ether oxygens (including phenoxy) is 2. The van der Waals surface area contributed by atoms with Gasteiger partial charge in [0.05, 0.1) is 23.7 Å². The second kappa shape index (κ2) is 9.35. The van der Waals surface area contributed by atoms with Gasteiger partial charge in [-0.1, -0.05) is 26.8 Å². The fraction of sp³-hybridized carbons (Fsp3) is 0.760. The highest BCUT2D eigenvalue weighted by atomic mass is 16.6. The summed E-state index contributed by atoms with van der Waals surface area (Å²) >= 11 is 0. The van der Waals surface area contributed by atoms with E-state index in [2.05, 4.69) is 13.0 Å². The molecule has 6 nitrogen and oxygen atoms in total. The fourth-order valence-corrected chi connectivity index (χ4v) is 5.14. The Hall–Kier alpha value is -1.82. The van der Waals surface area contributed by atoms with E-state index in [1.54, 1.807) is 0 Å². The van der Waals surface area contributed by atoms with E-state index in [9.17, 15) is 19.8 Å². The second-order valence-electron chi connectivity index (χ2n) is 10.4. The zero-order valence-corrected chi connectivity index (χ0v) is 19.5. The van der Waals surface area contributed by atoms with Crippen molar-refractivity contribution in [3.05, 3.63) is 23.5 Å². The molecule has 2 N–H and O–H groups in total. The number of aliphatic hydroxyl groups excluding tert-OH is 2. The normalized spacial score (nSPS) is 36.1. The van der Waals surface area contributed by atoms with Crippen LogP contribution in [0.5, 0.6) is 0 Å². The van der Waals surface area contributed by atoms with Crippen molar-refractivity contribution in [2.75, 3.05) is 0 Å². The standard InChI is InChI=1S/C25H38O6/c1-6-25(4,5)24(29)31-21-10-14(2)9-16-11-20(27)15(3)19(23(16)21)8-7-18-12-17(26)13-22(28)30-18/h9,11,14-15,17-19,21,23,26-27H,6-8,10,12-13H2,1-5H3/t14-,15?,17+,18?,19-,21-,23-/m0/s1. The van der Waals surface area contributed by atoms with Crippen LogP contribution in [0, 0.1) is 29.1 Å². The molecular formula is C25H38O6. The van der Waals surface area contributed by atoms with Crippen LogP contribution < -0.4 is 0 Å². The molecule has 3 aliphatic rings. The predicted molar refractivity (Wildman–Crippen MR) is 117 cm³/mol. The van der Waals surface area contributed by atoms with Gasteiger partial charge in [0.25, 0.3) is 0 Å². The maximum Gasteiger partial charge on any atom is 0.311 e. The fourth-order valence-electron chi connectivity index (χ4n) is 5.14. The molecule has 0 aromatic rings. The van der Waals surface area contributed by atoms with Crippen molar-refractivity contribution in [3.63, 3.8) is 0 Å². The molecule has 6 heteroatoms. The van der Waals surface area contributed by atoms with Gasteiger partial charge in [0, 0.05) is 18.3 Å². The third-order valence-corrected chi connectivity index (χ3v) is 7.50. The van der Waals surface area contributed by atoms with Crippen LogP contribution in [-0.2, 0) is 19.1 Å². The zero-order valence-electron chi connectivity index (χ0n) is 19.5. The highest BCUT2D eigenvalue weighted by Gasteiger charge is 2.45. The van der Waals surface area contributed by atoms with Crippen molar-refractivity contribution in [2.24, 2.45) is 29.1 Å². The number of rotatable bonds is 6. The topological polar surface area (TPSA) is 93.1 Å². The van der Waals surface area contributed by atoms with Gasteiger partial charge >= 0.3 is 11.9 Å². The van der Waals surface area contributed by atoms with Gasteiger partial charge in [-0.3, -0.25) is 9.59 Å². The highest BCUT2D eigenvalue weighted by Crippen LogP contribution is 2.47. The summed E-state index contributed by atoms with van der Waals surface area (Å²) in [5, 5.41) is 20.5. The SMILES string of the molecule is CCC(C)(C)C(=O)O[C@H]1C[C@@H](C)C=C2C=C(O)C(C)[C@H](CCC3C[C@@H](O)CC(=O)O3)[C@H]21. The smallest absolute Gasteiger partial charge is 0.311 e. The van der Waals surface area contributed by atoms with Gasteiger partial charge in [0.1, 0.15) is 12.2 Å². The van der Waals surface area contributed by atoms with Gasteiger partial charge in [-0.15, -0.1) is 0 Å². The first-order valence-corrected chi connectivity index (χ1v) is 11.7. The van der Waals surface area contributed by atoms with Crippen LogP contribution in [-0.4, -0.2) is 40.5 Å². The number of carbonyl (C=O) groups excluding carboxylic acids is 2. The molecule has 2 aliphatic carbocycles. The molecule has 2 unspecified atom stereocenters. The molecule has 174 valence electrons. The molecule has 0 aromatic carbocycles. The van der Waals surface area contributed by atoms with Crippen molar-refractivity contribution in [3.8, 4) is 0 Å². The lowest BCUT2D eigenvalue weighted by atomic mass is 9.64. The van der Waals surface area contributed by atoms with Crippen molar-refractivity contribution >= 4 is 11.9 Å². The summed E-state index contributed by atoms with van der Waals surface area (Å²) in [5.41, 5.74) is 0.497. The molecule has 1 fully saturated rings. The van der Waals surface area contributed by atoms with Crippen molar-refractivity contribution in [1.29, 1.82) is 0 Å². The molecule has 7 atom stereocenters. The molecule has 0 spiro atoms. The maximum atomic E-state index is 12.9. The van der Waals surface area contributed by atoms with Crippen molar-refractivity contribution < 1.29 is 29.3 Å². The Labute approximate surface area is 185 Å². The molecule has 1 aliphatic heterocycles. The van der Waals surface area contributed by atoms with Gasteiger partial charge in [-0.2, -0.15) is 0 Å². The van der Waals surface area contributed by atoms with Gasteiger partial charge < -0.3 is 19.7 Å².